The van der Waals surface area contributed by atoms with E-state index in [4.69, 9.17) is 0 Å². The summed E-state index contributed by atoms with van der Waals surface area (Å²) < 4.78 is 0. The molecule has 0 saturated heterocycles. The van der Waals surface area contributed by atoms with Crippen molar-refractivity contribution >= 4 is 11.5 Å². The van der Waals surface area contributed by atoms with E-state index in [2.05, 4.69) is 15.5 Å². The van der Waals surface area contributed by atoms with Crippen molar-refractivity contribution in [3.05, 3.63) is 6.20 Å². The number of fused-ring (bicyclic) bond motifs is 1. The molecule has 2 rings (SSSR count). The minimum Gasteiger partial charge on any atom is -0.335 e. The number of nitrogens with one attached hydrogen (secondary N) is 2. The second-order valence-electron chi connectivity index (χ2n) is 1.28. The van der Waals surface area contributed by atoms with Crippen LogP contribution in [0.1, 0.15) is 0 Å². The highest BCUT2D eigenvalue weighted by Crippen LogP contribution is 2.33. The van der Waals surface area contributed by atoms with E-state index >= 15 is 0 Å². The SMILES string of the molecule is c1n[nH]c2c1N2. The fourth-order valence-corrected chi connectivity index (χ4v) is 0.450. The molecule has 0 fully saturated rings. The van der Waals surface area contributed by atoms with E-state index in [1.54, 1.807) is 6.20 Å². The first-order valence-electron chi connectivity index (χ1n) is 1.77. The Bertz CT molecular complexity index is 150. The summed E-state index contributed by atoms with van der Waals surface area (Å²) in [5.41, 5.74) is 1.13. The van der Waals surface area contributed by atoms with Gasteiger partial charge in [0.1, 0.15) is 11.5 Å². The first-order valence-corrected chi connectivity index (χ1v) is 1.77. The maximum Gasteiger partial charge on any atom is 0.150 e. The zero-order chi connectivity index (χ0) is 3.98. The van der Waals surface area contributed by atoms with Crippen LogP contribution in [0.15, 0.2) is 6.20 Å². The number of hydrogen-bond acceptors (Lipinski definition) is 2. The van der Waals surface area contributed by atoms with Gasteiger partial charge in [0, 0.05) is 0 Å². The smallest absolute Gasteiger partial charge is 0.150 e. The van der Waals surface area contributed by atoms with Crippen molar-refractivity contribution in [1.29, 1.82) is 0 Å². The molecule has 1 aliphatic rings. The Morgan fingerprint density at radius 3 is 2.83 bits per heavy atom. The third-order valence-corrected chi connectivity index (χ3v) is 0.837. The molecule has 1 aliphatic heterocycles. The van der Waals surface area contributed by atoms with Crippen LogP contribution < -0.4 is 5.32 Å². The topological polar surface area (TPSA) is 50.6 Å². The molecule has 0 bridgehead atoms. The quantitative estimate of drug-likeness (QED) is 0.453. The van der Waals surface area contributed by atoms with Gasteiger partial charge in [-0.05, 0) is 0 Å². The Kier molecular flexibility index (Phi) is 0.166. The van der Waals surface area contributed by atoms with E-state index in [0.717, 1.165) is 11.5 Å². The van der Waals surface area contributed by atoms with E-state index in [-0.39, 0.29) is 0 Å². The predicted octanol–water partition coefficient (Wildman–Crippen LogP) is 0.467. The molecule has 0 saturated carbocycles. The Balaban J connectivity index is 2.88. The van der Waals surface area contributed by atoms with Crippen molar-refractivity contribution in [2.75, 3.05) is 5.32 Å². The van der Waals surface area contributed by atoms with Gasteiger partial charge in [-0.2, -0.15) is 5.10 Å². The lowest BCUT2D eigenvalue weighted by atomic mass is 10.8. The largest absolute Gasteiger partial charge is 0.335 e. The molecule has 30 valence electrons. The molecule has 0 amide bonds. The molecule has 0 radical (unpaired) electrons. The molecule has 1 aromatic heterocycles. The van der Waals surface area contributed by atoms with E-state index in [1.807, 2.05) is 0 Å². The highest BCUT2D eigenvalue weighted by molar-refractivity contribution is 5.85. The molecule has 6 heavy (non-hydrogen) atoms. The van der Waals surface area contributed by atoms with E-state index in [1.165, 1.54) is 0 Å². The van der Waals surface area contributed by atoms with Crippen molar-refractivity contribution in [3.8, 4) is 0 Å². The van der Waals surface area contributed by atoms with Crippen LogP contribution in [0.3, 0.4) is 0 Å². The summed E-state index contributed by atoms with van der Waals surface area (Å²) in [6.45, 7) is 0. The van der Waals surface area contributed by atoms with Crippen molar-refractivity contribution in [2.24, 2.45) is 0 Å². The summed E-state index contributed by atoms with van der Waals surface area (Å²) in [7, 11) is 0. The Morgan fingerprint density at radius 1 is 1.67 bits per heavy atom. The number of rotatable bonds is 0. The lowest BCUT2D eigenvalue weighted by Gasteiger charge is -1.65. The minimum absolute atomic E-state index is 1.06. The third kappa shape index (κ3) is 0.100. The number of anilines is 2. The molecule has 2 heterocycles. The summed E-state index contributed by atoms with van der Waals surface area (Å²) in [6, 6.07) is 0. The Labute approximate surface area is 34.4 Å². The lowest BCUT2D eigenvalue weighted by molar-refractivity contribution is 1.09. The Hall–Kier alpha value is -0.990. The second kappa shape index (κ2) is 0.448. The molecular formula is C3H3N3. The zero-order valence-electron chi connectivity index (χ0n) is 3.02. The first-order chi connectivity index (χ1) is 2.97. The van der Waals surface area contributed by atoms with Crippen molar-refractivity contribution in [2.45, 2.75) is 0 Å². The molecule has 3 heteroatoms. The van der Waals surface area contributed by atoms with Crippen molar-refractivity contribution in [3.63, 3.8) is 0 Å². The fraction of sp³-hybridized carbons (Fsp3) is 0. The summed E-state index contributed by atoms with van der Waals surface area (Å²) in [4.78, 5) is 0. The third-order valence-electron chi connectivity index (χ3n) is 0.837. The molecule has 2 N–H and O–H groups in total. The average Bonchev–Trinajstić information content (AvgIpc) is 2.17. The molecule has 0 aromatic carbocycles. The molecule has 0 aliphatic carbocycles. The second-order valence-corrected chi connectivity index (χ2v) is 1.28. The van der Waals surface area contributed by atoms with Crippen LogP contribution in [-0.4, -0.2) is 10.2 Å². The number of aromatic nitrogens is 2. The van der Waals surface area contributed by atoms with Crippen LogP contribution in [0, 0.1) is 0 Å². The molecular weight excluding hydrogens is 78.1 g/mol. The van der Waals surface area contributed by atoms with Gasteiger partial charge in [0.05, 0.1) is 6.20 Å². The van der Waals surface area contributed by atoms with Gasteiger partial charge in [-0.25, -0.2) is 0 Å². The monoisotopic (exact) mass is 81.0 g/mol. The van der Waals surface area contributed by atoms with Gasteiger partial charge in [0.2, 0.25) is 0 Å². The maximum atomic E-state index is 3.70. The van der Waals surface area contributed by atoms with Crippen molar-refractivity contribution in [1.82, 2.24) is 10.2 Å². The molecule has 1 aromatic rings. The van der Waals surface area contributed by atoms with Crippen LogP contribution in [0.2, 0.25) is 0 Å². The van der Waals surface area contributed by atoms with Crippen LogP contribution in [-0.2, 0) is 0 Å². The van der Waals surface area contributed by atoms with Gasteiger partial charge in [-0.15, -0.1) is 0 Å². The van der Waals surface area contributed by atoms with Crippen LogP contribution in [0.4, 0.5) is 11.5 Å². The number of H-pyrrole nitrogens is 1. The summed E-state index contributed by atoms with van der Waals surface area (Å²) in [6.07, 6.45) is 1.76. The van der Waals surface area contributed by atoms with Gasteiger partial charge >= 0.3 is 0 Å². The average molecular weight is 81.1 g/mol. The number of aromatic amines is 1. The van der Waals surface area contributed by atoms with Crippen LogP contribution >= 0.6 is 0 Å². The first kappa shape index (κ1) is 2.23. The number of hydrogen-bond donors (Lipinski definition) is 2. The van der Waals surface area contributed by atoms with Gasteiger partial charge in [-0.3, -0.25) is 5.10 Å². The van der Waals surface area contributed by atoms with Gasteiger partial charge in [0.15, 0.2) is 0 Å². The standard InChI is InChI=1S/C3H3N3/c1-2-3(5-2)6-4-1/h1H,(H2,4,5,6). The maximum absolute atomic E-state index is 3.70. The summed E-state index contributed by atoms with van der Waals surface area (Å²) >= 11 is 0. The van der Waals surface area contributed by atoms with E-state index < -0.39 is 0 Å². The van der Waals surface area contributed by atoms with E-state index in [0.29, 0.717) is 0 Å². The number of nitrogens with zero attached hydrogens (tertiary/aromatic N) is 1. The van der Waals surface area contributed by atoms with Crippen LogP contribution in [0.5, 0.6) is 0 Å². The normalized spacial score (nSPS) is 12.7. The molecule has 0 atom stereocenters. The lowest BCUT2D eigenvalue weighted by Crippen LogP contribution is -1.67. The summed E-state index contributed by atoms with van der Waals surface area (Å²) in [5.74, 6) is 1.06. The highest BCUT2D eigenvalue weighted by Gasteiger charge is 2.15. The predicted molar refractivity (Wildman–Crippen MR) is 21.9 cm³/mol. The molecule has 0 unspecified atom stereocenters. The fourth-order valence-electron chi connectivity index (χ4n) is 0.450. The highest BCUT2D eigenvalue weighted by atomic mass is 15.3. The van der Waals surface area contributed by atoms with Crippen LogP contribution in [0.25, 0.3) is 0 Å². The zero-order valence-corrected chi connectivity index (χ0v) is 3.02. The summed E-state index contributed by atoms with van der Waals surface area (Å²) in [5, 5.41) is 9.38. The molecule has 0 spiro atoms. The van der Waals surface area contributed by atoms with E-state index in [9.17, 15) is 0 Å². The van der Waals surface area contributed by atoms with Gasteiger partial charge in [0.25, 0.3) is 0 Å². The van der Waals surface area contributed by atoms with Gasteiger partial charge < -0.3 is 5.32 Å². The van der Waals surface area contributed by atoms with Crippen molar-refractivity contribution < 1.29 is 0 Å². The molecule has 3 nitrogen and oxygen atoms in total. The van der Waals surface area contributed by atoms with Gasteiger partial charge in [-0.1, -0.05) is 0 Å². The minimum atomic E-state index is 1.06. The Morgan fingerprint density at radius 2 is 2.67 bits per heavy atom.